The minimum absolute atomic E-state index is 0.605. The zero-order chi connectivity index (χ0) is 12.4. The van der Waals surface area contributed by atoms with E-state index >= 15 is 0 Å². The van der Waals surface area contributed by atoms with Crippen LogP contribution in [0.1, 0.15) is 11.3 Å². The van der Waals surface area contributed by atoms with Gasteiger partial charge in [-0.05, 0) is 23.8 Å². The van der Waals surface area contributed by atoms with E-state index < -0.39 is 0 Å². The van der Waals surface area contributed by atoms with Crippen LogP contribution < -0.4 is 11.1 Å². The molecular formula is C14H20N4. The van der Waals surface area contributed by atoms with E-state index in [1.165, 1.54) is 22.2 Å². The number of benzene rings is 1. The van der Waals surface area contributed by atoms with Gasteiger partial charge in [-0.15, -0.1) is 0 Å². The Hall–Kier alpha value is -1.36. The number of rotatable bonds is 3. The van der Waals surface area contributed by atoms with E-state index in [1.807, 2.05) is 0 Å². The SMILES string of the molecule is NCc1ccc2[nH]c(CN3CCNCC3)cc2c1. The molecule has 1 fully saturated rings. The molecule has 18 heavy (non-hydrogen) atoms. The molecule has 3 rings (SSSR count). The summed E-state index contributed by atoms with van der Waals surface area (Å²) in [4.78, 5) is 5.97. The van der Waals surface area contributed by atoms with Crippen molar-refractivity contribution in [1.29, 1.82) is 0 Å². The van der Waals surface area contributed by atoms with Gasteiger partial charge < -0.3 is 16.0 Å². The molecule has 1 saturated heterocycles. The lowest BCUT2D eigenvalue weighted by molar-refractivity contribution is 0.231. The molecule has 0 amide bonds. The van der Waals surface area contributed by atoms with Gasteiger partial charge in [0.2, 0.25) is 0 Å². The molecule has 0 unspecified atom stereocenters. The average molecular weight is 244 g/mol. The molecule has 4 heteroatoms. The fourth-order valence-electron chi connectivity index (χ4n) is 2.56. The van der Waals surface area contributed by atoms with E-state index in [2.05, 4.69) is 39.5 Å². The number of nitrogens with one attached hydrogen (secondary N) is 2. The second-order valence-electron chi connectivity index (χ2n) is 4.95. The van der Waals surface area contributed by atoms with Crippen molar-refractivity contribution < 1.29 is 0 Å². The molecule has 0 bridgehead atoms. The Bertz CT molecular complexity index is 526. The van der Waals surface area contributed by atoms with E-state index in [-0.39, 0.29) is 0 Å². The van der Waals surface area contributed by atoms with Gasteiger partial charge in [-0.25, -0.2) is 0 Å². The molecule has 4 nitrogen and oxygen atoms in total. The molecule has 1 aliphatic rings. The normalized spacial score (nSPS) is 17.4. The Morgan fingerprint density at radius 1 is 1.17 bits per heavy atom. The highest BCUT2D eigenvalue weighted by molar-refractivity contribution is 5.81. The third kappa shape index (κ3) is 2.41. The van der Waals surface area contributed by atoms with Crippen molar-refractivity contribution in [2.75, 3.05) is 26.2 Å². The Balaban J connectivity index is 1.79. The molecule has 0 aliphatic carbocycles. The minimum atomic E-state index is 0.605. The number of aromatic nitrogens is 1. The first-order valence-corrected chi connectivity index (χ1v) is 6.59. The summed E-state index contributed by atoms with van der Waals surface area (Å²) in [5.74, 6) is 0. The van der Waals surface area contributed by atoms with Crippen molar-refractivity contribution >= 4 is 10.9 Å². The molecule has 0 saturated carbocycles. The zero-order valence-corrected chi connectivity index (χ0v) is 10.6. The standard InChI is InChI=1S/C14H20N4/c15-9-11-1-2-14-12(7-11)8-13(17-14)10-18-5-3-16-4-6-18/h1-2,7-8,16-17H,3-6,9-10,15H2. The van der Waals surface area contributed by atoms with Gasteiger partial charge in [0, 0.05) is 55.9 Å². The predicted molar refractivity (Wildman–Crippen MR) is 74.3 cm³/mol. The number of H-pyrrole nitrogens is 1. The maximum absolute atomic E-state index is 5.67. The molecule has 2 aromatic rings. The van der Waals surface area contributed by atoms with Gasteiger partial charge in [0.1, 0.15) is 0 Å². The highest BCUT2D eigenvalue weighted by atomic mass is 15.2. The summed E-state index contributed by atoms with van der Waals surface area (Å²) in [7, 11) is 0. The number of fused-ring (bicyclic) bond motifs is 1. The van der Waals surface area contributed by atoms with E-state index in [1.54, 1.807) is 0 Å². The monoisotopic (exact) mass is 244 g/mol. The van der Waals surface area contributed by atoms with Gasteiger partial charge in [0.05, 0.1) is 0 Å². The van der Waals surface area contributed by atoms with Gasteiger partial charge in [0.15, 0.2) is 0 Å². The zero-order valence-electron chi connectivity index (χ0n) is 10.6. The fourth-order valence-corrected chi connectivity index (χ4v) is 2.56. The van der Waals surface area contributed by atoms with Crippen molar-refractivity contribution in [2.45, 2.75) is 13.1 Å². The molecule has 0 atom stereocenters. The number of aromatic amines is 1. The molecule has 0 spiro atoms. The lowest BCUT2D eigenvalue weighted by Gasteiger charge is -2.26. The molecule has 4 N–H and O–H groups in total. The molecule has 1 aromatic carbocycles. The summed E-state index contributed by atoms with van der Waals surface area (Å²) >= 11 is 0. The minimum Gasteiger partial charge on any atom is -0.357 e. The fraction of sp³-hybridized carbons (Fsp3) is 0.429. The van der Waals surface area contributed by atoms with Crippen molar-refractivity contribution in [3.05, 3.63) is 35.5 Å². The van der Waals surface area contributed by atoms with Crippen LogP contribution in [0.2, 0.25) is 0 Å². The number of nitrogens with zero attached hydrogens (tertiary/aromatic N) is 1. The van der Waals surface area contributed by atoms with Gasteiger partial charge in [0.25, 0.3) is 0 Å². The number of piperazine rings is 1. The summed E-state index contributed by atoms with van der Waals surface area (Å²) in [5, 5.41) is 4.64. The van der Waals surface area contributed by atoms with Crippen LogP contribution in [0.25, 0.3) is 10.9 Å². The summed E-state index contributed by atoms with van der Waals surface area (Å²) in [6.45, 7) is 6.06. The molecule has 0 radical (unpaired) electrons. The lowest BCUT2D eigenvalue weighted by atomic mass is 10.1. The van der Waals surface area contributed by atoms with Gasteiger partial charge in [-0.2, -0.15) is 0 Å². The van der Waals surface area contributed by atoms with Crippen molar-refractivity contribution in [1.82, 2.24) is 15.2 Å². The second kappa shape index (κ2) is 5.10. The Kier molecular flexibility index (Phi) is 3.32. The van der Waals surface area contributed by atoms with Crippen molar-refractivity contribution in [3.8, 4) is 0 Å². The van der Waals surface area contributed by atoms with Gasteiger partial charge in [-0.3, -0.25) is 4.90 Å². The van der Waals surface area contributed by atoms with Gasteiger partial charge in [-0.1, -0.05) is 6.07 Å². The quantitative estimate of drug-likeness (QED) is 0.756. The topological polar surface area (TPSA) is 57.1 Å². The maximum atomic E-state index is 5.67. The summed E-state index contributed by atoms with van der Waals surface area (Å²) in [6.07, 6.45) is 0. The second-order valence-corrected chi connectivity index (χ2v) is 4.95. The molecule has 1 aliphatic heterocycles. The van der Waals surface area contributed by atoms with Crippen molar-refractivity contribution in [2.24, 2.45) is 5.73 Å². The average Bonchev–Trinajstić information content (AvgIpc) is 2.80. The smallest absolute Gasteiger partial charge is 0.0456 e. The lowest BCUT2D eigenvalue weighted by Crippen LogP contribution is -2.42. The Labute approximate surface area is 107 Å². The molecule has 2 heterocycles. The molecular weight excluding hydrogens is 224 g/mol. The first-order chi connectivity index (χ1) is 8.85. The van der Waals surface area contributed by atoms with Crippen LogP contribution in [0.3, 0.4) is 0 Å². The third-order valence-electron chi connectivity index (χ3n) is 3.58. The Morgan fingerprint density at radius 2 is 2.00 bits per heavy atom. The Morgan fingerprint density at radius 3 is 2.78 bits per heavy atom. The van der Waals surface area contributed by atoms with E-state index in [4.69, 9.17) is 5.73 Å². The van der Waals surface area contributed by atoms with Gasteiger partial charge >= 0.3 is 0 Å². The summed E-state index contributed by atoms with van der Waals surface area (Å²) in [6, 6.07) is 8.63. The maximum Gasteiger partial charge on any atom is 0.0456 e. The summed E-state index contributed by atoms with van der Waals surface area (Å²) < 4.78 is 0. The number of hydrogen-bond donors (Lipinski definition) is 3. The first kappa shape index (κ1) is 11.7. The van der Waals surface area contributed by atoms with Crippen LogP contribution in [0, 0.1) is 0 Å². The summed E-state index contributed by atoms with van der Waals surface area (Å²) in [5.41, 5.74) is 9.36. The molecule has 96 valence electrons. The number of nitrogens with two attached hydrogens (primary N) is 1. The van der Waals surface area contributed by atoms with Crippen LogP contribution in [0.4, 0.5) is 0 Å². The van der Waals surface area contributed by atoms with E-state index in [9.17, 15) is 0 Å². The van der Waals surface area contributed by atoms with Crippen LogP contribution in [-0.4, -0.2) is 36.1 Å². The highest BCUT2D eigenvalue weighted by Crippen LogP contribution is 2.18. The third-order valence-corrected chi connectivity index (χ3v) is 3.58. The van der Waals surface area contributed by atoms with E-state index in [0.29, 0.717) is 6.54 Å². The first-order valence-electron chi connectivity index (χ1n) is 6.59. The highest BCUT2D eigenvalue weighted by Gasteiger charge is 2.11. The van der Waals surface area contributed by atoms with Crippen LogP contribution in [-0.2, 0) is 13.1 Å². The largest absolute Gasteiger partial charge is 0.357 e. The number of hydrogen-bond acceptors (Lipinski definition) is 3. The predicted octanol–water partition coefficient (Wildman–Crippen LogP) is 1.03. The van der Waals surface area contributed by atoms with Crippen LogP contribution in [0.5, 0.6) is 0 Å². The van der Waals surface area contributed by atoms with Crippen molar-refractivity contribution in [3.63, 3.8) is 0 Å². The van der Waals surface area contributed by atoms with Crippen LogP contribution >= 0.6 is 0 Å². The molecule has 1 aromatic heterocycles. The van der Waals surface area contributed by atoms with E-state index in [0.717, 1.165) is 32.7 Å². The van der Waals surface area contributed by atoms with Crippen LogP contribution in [0.15, 0.2) is 24.3 Å².